The Hall–Kier alpha value is -3.30. The number of imide groups is 2. The number of hydrogen-bond donors (Lipinski definition) is 0. The van der Waals surface area contributed by atoms with Gasteiger partial charge in [-0.05, 0) is 24.7 Å². The molecule has 0 aliphatic carbocycles. The maximum Gasteiger partial charge on any atom is 0.329 e. The van der Waals surface area contributed by atoms with Crippen LogP contribution in [0.5, 0.6) is 0 Å². The largest absolute Gasteiger partial charge is 0.464 e. The van der Waals surface area contributed by atoms with E-state index in [1.807, 2.05) is 0 Å². The zero-order valence-electron chi connectivity index (χ0n) is 18.6. The molecule has 4 amide bonds. The predicted octanol–water partition coefficient (Wildman–Crippen LogP) is 0.752. The lowest BCUT2D eigenvalue weighted by Gasteiger charge is -2.27. The van der Waals surface area contributed by atoms with E-state index in [2.05, 4.69) is 0 Å². The van der Waals surface area contributed by atoms with Gasteiger partial charge in [-0.2, -0.15) is 0 Å². The highest BCUT2D eigenvalue weighted by molar-refractivity contribution is 6.15. The van der Waals surface area contributed by atoms with Crippen molar-refractivity contribution in [3.8, 4) is 0 Å². The number of esters is 2. The zero-order valence-corrected chi connectivity index (χ0v) is 18.6. The number of nitrogens with zero attached hydrogens (tertiary/aromatic N) is 2. The van der Waals surface area contributed by atoms with Gasteiger partial charge >= 0.3 is 11.9 Å². The van der Waals surface area contributed by atoms with Crippen LogP contribution in [0, 0.1) is 11.8 Å². The minimum Gasteiger partial charge on any atom is -0.464 e. The molecule has 2 aliphatic heterocycles. The van der Waals surface area contributed by atoms with Gasteiger partial charge in [0.1, 0.15) is 12.1 Å². The van der Waals surface area contributed by atoms with E-state index in [-0.39, 0.29) is 25.0 Å². The second kappa shape index (κ2) is 10.8. The van der Waals surface area contributed by atoms with Gasteiger partial charge in [-0.25, -0.2) is 9.59 Å². The highest BCUT2D eigenvalue weighted by atomic mass is 16.5. The van der Waals surface area contributed by atoms with Crippen molar-refractivity contribution in [3.05, 3.63) is 24.3 Å². The molecular weight excluding hydrogens is 420 g/mol. The summed E-state index contributed by atoms with van der Waals surface area (Å²) in [6.07, 6.45) is 5.21. The number of carbonyl (C=O) groups is 6. The van der Waals surface area contributed by atoms with Gasteiger partial charge in [0, 0.05) is 24.3 Å². The summed E-state index contributed by atoms with van der Waals surface area (Å²) >= 11 is 0. The molecule has 32 heavy (non-hydrogen) atoms. The monoisotopic (exact) mass is 448 g/mol. The third-order valence-corrected chi connectivity index (χ3v) is 5.02. The Balaban J connectivity index is 1.77. The normalized spacial score (nSPS) is 17.7. The van der Waals surface area contributed by atoms with Crippen molar-refractivity contribution in [2.24, 2.45) is 11.8 Å². The number of carbonyl (C=O) groups excluding carboxylic acids is 6. The summed E-state index contributed by atoms with van der Waals surface area (Å²) in [4.78, 5) is 74.1. The first-order valence-corrected chi connectivity index (χ1v) is 10.5. The summed E-state index contributed by atoms with van der Waals surface area (Å²) in [7, 11) is 0. The minimum absolute atomic E-state index is 0.0177. The molecule has 0 fully saturated rings. The summed E-state index contributed by atoms with van der Waals surface area (Å²) in [5.41, 5.74) is 0. The molecule has 174 valence electrons. The topological polar surface area (TPSA) is 127 Å². The molecule has 0 saturated carbocycles. The van der Waals surface area contributed by atoms with Crippen LogP contribution in [-0.4, -0.2) is 70.7 Å². The molecule has 0 aromatic carbocycles. The first-order valence-electron chi connectivity index (χ1n) is 10.5. The smallest absolute Gasteiger partial charge is 0.329 e. The van der Waals surface area contributed by atoms with E-state index >= 15 is 0 Å². The predicted molar refractivity (Wildman–Crippen MR) is 110 cm³/mol. The van der Waals surface area contributed by atoms with E-state index < -0.39 is 47.7 Å². The van der Waals surface area contributed by atoms with Crippen molar-refractivity contribution in [2.45, 2.75) is 52.6 Å². The Kier molecular flexibility index (Phi) is 8.45. The molecule has 0 spiro atoms. The fraction of sp³-hybridized carbons (Fsp3) is 0.545. The molecule has 0 saturated heterocycles. The molecule has 0 aromatic heterocycles. The maximum absolute atomic E-state index is 12.4. The van der Waals surface area contributed by atoms with Crippen LogP contribution in [0.4, 0.5) is 0 Å². The first kappa shape index (κ1) is 25.0. The van der Waals surface area contributed by atoms with Gasteiger partial charge < -0.3 is 9.47 Å². The second-order valence-corrected chi connectivity index (χ2v) is 8.18. The SMILES string of the molecule is CC(C)C(C(=O)OCCCCOC(=O)C(C(C)C)N1C(=O)C=CC1=O)N1C(=O)C=CC1=O. The molecule has 2 aliphatic rings. The third kappa shape index (κ3) is 5.68. The lowest BCUT2D eigenvalue weighted by Crippen LogP contribution is -2.49. The molecule has 2 heterocycles. The Morgan fingerprint density at radius 2 is 0.938 bits per heavy atom. The summed E-state index contributed by atoms with van der Waals surface area (Å²) in [5, 5.41) is 0. The van der Waals surface area contributed by atoms with Gasteiger partial charge in [0.05, 0.1) is 13.2 Å². The van der Waals surface area contributed by atoms with Gasteiger partial charge in [-0.15, -0.1) is 0 Å². The molecule has 2 unspecified atom stereocenters. The number of ether oxygens (including phenoxy) is 2. The number of hydrogen-bond acceptors (Lipinski definition) is 8. The first-order chi connectivity index (χ1) is 15.1. The molecule has 0 N–H and O–H groups in total. The highest BCUT2D eigenvalue weighted by Crippen LogP contribution is 2.19. The van der Waals surface area contributed by atoms with Crippen molar-refractivity contribution in [1.82, 2.24) is 9.80 Å². The van der Waals surface area contributed by atoms with Crippen LogP contribution in [0.15, 0.2) is 24.3 Å². The molecular formula is C22H28N2O8. The van der Waals surface area contributed by atoms with E-state index in [0.717, 1.165) is 34.1 Å². The van der Waals surface area contributed by atoms with Crippen LogP contribution >= 0.6 is 0 Å². The van der Waals surface area contributed by atoms with Crippen LogP contribution in [0.3, 0.4) is 0 Å². The average molecular weight is 448 g/mol. The van der Waals surface area contributed by atoms with E-state index in [1.165, 1.54) is 0 Å². The average Bonchev–Trinajstić information content (AvgIpc) is 3.21. The van der Waals surface area contributed by atoms with Crippen molar-refractivity contribution in [1.29, 1.82) is 0 Å². The Morgan fingerprint density at radius 3 is 1.19 bits per heavy atom. The molecule has 0 aromatic rings. The summed E-state index contributed by atoms with van der Waals surface area (Å²) in [6, 6.07) is -2.03. The molecule has 2 atom stereocenters. The number of unbranched alkanes of at least 4 members (excludes halogenated alkanes) is 1. The standard InChI is InChI=1S/C22H28N2O8/c1-13(2)19(23-15(25)7-8-16(23)26)21(29)31-11-5-6-12-32-22(30)20(14(3)4)24-17(27)9-10-18(24)28/h7-10,13-14,19-20H,5-6,11-12H2,1-4H3. The molecule has 10 heteroatoms. The van der Waals surface area contributed by atoms with Crippen molar-refractivity contribution < 1.29 is 38.2 Å². The van der Waals surface area contributed by atoms with E-state index in [9.17, 15) is 28.8 Å². The summed E-state index contributed by atoms with van der Waals surface area (Å²) < 4.78 is 10.4. The maximum atomic E-state index is 12.4. The molecule has 2 rings (SSSR count). The minimum atomic E-state index is -1.02. The van der Waals surface area contributed by atoms with Crippen LogP contribution in [-0.2, 0) is 38.2 Å². The number of rotatable bonds is 11. The van der Waals surface area contributed by atoms with Crippen LogP contribution in [0.25, 0.3) is 0 Å². The lowest BCUT2D eigenvalue weighted by molar-refractivity contribution is -0.160. The van der Waals surface area contributed by atoms with Crippen molar-refractivity contribution in [2.75, 3.05) is 13.2 Å². The van der Waals surface area contributed by atoms with E-state index in [0.29, 0.717) is 12.8 Å². The van der Waals surface area contributed by atoms with Crippen LogP contribution in [0.1, 0.15) is 40.5 Å². The van der Waals surface area contributed by atoms with Crippen LogP contribution in [0.2, 0.25) is 0 Å². The molecule has 0 bridgehead atoms. The number of amides is 4. The lowest BCUT2D eigenvalue weighted by atomic mass is 10.0. The fourth-order valence-corrected chi connectivity index (χ4v) is 3.44. The van der Waals surface area contributed by atoms with Gasteiger partial charge in [-0.1, -0.05) is 27.7 Å². The highest BCUT2D eigenvalue weighted by Gasteiger charge is 2.40. The van der Waals surface area contributed by atoms with Crippen LogP contribution < -0.4 is 0 Å². The Labute approximate surface area is 186 Å². The quantitative estimate of drug-likeness (QED) is 0.257. The Morgan fingerprint density at radius 1 is 0.656 bits per heavy atom. The van der Waals surface area contributed by atoms with Gasteiger partial charge in [0.15, 0.2) is 0 Å². The molecule has 10 nitrogen and oxygen atoms in total. The van der Waals surface area contributed by atoms with Gasteiger partial charge in [-0.3, -0.25) is 29.0 Å². The van der Waals surface area contributed by atoms with Crippen molar-refractivity contribution >= 4 is 35.6 Å². The summed E-state index contributed by atoms with van der Waals surface area (Å²) in [5.74, 6) is -4.22. The molecule has 0 radical (unpaired) electrons. The second-order valence-electron chi connectivity index (χ2n) is 8.18. The third-order valence-electron chi connectivity index (χ3n) is 5.02. The fourth-order valence-electron chi connectivity index (χ4n) is 3.44. The van der Waals surface area contributed by atoms with E-state index in [1.54, 1.807) is 27.7 Å². The summed E-state index contributed by atoms with van der Waals surface area (Å²) in [6.45, 7) is 6.87. The Bertz CT molecular complexity index is 752. The zero-order chi connectivity index (χ0) is 24.0. The van der Waals surface area contributed by atoms with Gasteiger partial charge in [0.25, 0.3) is 23.6 Å². The van der Waals surface area contributed by atoms with E-state index in [4.69, 9.17) is 9.47 Å². The van der Waals surface area contributed by atoms with Gasteiger partial charge in [0.2, 0.25) is 0 Å². The van der Waals surface area contributed by atoms with Crippen molar-refractivity contribution in [3.63, 3.8) is 0 Å².